The first-order valence-corrected chi connectivity index (χ1v) is 4.84. The number of alkyl halides is 1. The van der Waals surface area contributed by atoms with Crippen LogP contribution in [0.15, 0.2) is 24.3 Å². The van der Waals surface area contributed by atoms with Crippen molar-refractivity contribution < 1.29 is 24.1 Å². The number of aliphatic hydroxyl groups excluding tert-OH is 1. The number of phenols is 1. The van der Waals surface area contributed by atoms with Crippen LogP contribution in [0.3, 0.4) is 0 Å². The third kappa shape index (κ3) is 2.93. The maximum absolute atomic E-state index is 13.4. The largest absolute Gasteiger partial charge is 0.508 e. The first kappa shape index (κ1) is 12.4. The molecule has 2 N–H and O–H groups in total. The van der Waals surface area contributed by atoms with Gasteiger partial charge in [-0.1, -0.05) is 12.1 Å². The summed E-state index contributed by atoms with van der Waals surface area (Å²) >= 11 is 0. The summed E-state index contributed by atoms with van der Waals surface area (Å²) in [4.78, 5) is 11.0. The molecule has 0 saturated carbocycles. The van der Waals surface area contributed by atoms with E-state index in [1.54, 1.807) is 6.92 Å². The van der Waals surface area contributed by atoms with Crippen LogP contribution in [-0.4, -0.2) is 29.0 Å². The van der Waals surface area contributed by atoms with E-state index in [-0.39, 0.29) is 17.9 Å². The molecule has 2 atom stereocenters. The highest BCUT2D eigenvalue weighted by Crippen LogP contribution is 2.22. The maximum atomic E-state index is 13.4. The number of hydrogen-bond donors (Lipinski definition) is 2. The fraction of sp³-hybridized carbons (Fsp3) is 0.364. The van der Waals surface area contributed by atoms with Crippen molar-refractivity contribution in [3.05, 3.63) is 29.8 Å². The van der Waals surface area contributed by atoms with Crippen LogP contribution in [0.2, 0.25) is 0 Å². The number of phenolic OH excluding ortho intramolecular Hbond substituents is 1. The molecule has 1 aromatic carbocycles. The van der Waals surface area contributed by atoms with Gasteiger partial charge in [0.15, 0.2) is 0 Å². The molecular weight excluding hydrogens is 215 g/mol. The van der Waals surface area contributed by atoms with Gasteiger partial charge in [0.2, 0.25) is 6.17 Å². The van der Waals surface area contributed by atoms with Crippen molar-refractivity contribution in [1.29, 1.82) is 0 Å². The highest BCUT2D eigenvalue weighted by Gasteiger charge is 2.28. The molecule has 0 heterocycles. The number of ether oxygens (including phenoxy) is 1. The number of aromatic hydroxyl groups is 1. The van der Waals surface area contributed by atoms with Crippen LogP contribution >= 0.6 is 0 Å². The van der Waals surface area contributed by atoms with E-state index >= 15 is 0 Å². The normalized spacial score (nSPS) is 14.2. The lowest BCUT2D eigenvalue weighted by Gasteiger charge is -2.14. The van der Waals surface area contributed by atoms with Gasteiger partial charge in [-0.05, 0) is 24.6 Å². The summed E-state index contributed by atoms with van der Waals surface area (Å²) in [6.45, 7) is 1.61. The first-order valence-electron chi connectivity index (χ1n) is 4.84. The number of esters is 1. The Morgan fingerprint density at radius 2 is 2.00 bits per heavy atom. The molecule has 0 aromatic heterocycles. The van der Waals surface area contributed by atoms with Gasteiger partial charge in [-0.2, -0.15) is 0 Å². The Balaban J connectivity index is 2.73. The summed E-state index contributed by atoms with van der Waals surface area (Å²) in [6, 6.07) is 5.28. The Morgan fingerprint density at radius 3 is 2.50 bits per heavy atom. The molecule has 16 heavy (non-hydrogen) atoms. The monoisotopic (exact) mass is 228 g/mol. The number of carbonyl (C=O) groups excluding carboxylic acids is 1. The van der Waals surface area contributed by atoms with E-state index in [4.69, 9.17) is 5.11 Å². The number of halogens is 1. The van der Waals surface area contributed by atoms with Crippen LogP contribution < -0.4 is 0 Å². The zero-order chi connectivity index (χ0) is 12.1. The summed E-state index contributed by atoms with van der Waals surface area (Å²) in [5.41, 5.74) is 0.207. The van der Waals surface area contributed by atoms with E-state index in [2.05, 4.69) is 4.74 Å². The molecular formula is C11H13FO4. The Morgan fingerprint density at radius 1 is 1.44 bits per heavy atom. The quantitative estimate of drug-likeness (QED) is 0.763. The van der Waals surface area contributed by atoms with Crippen molar-refractivity contribution in [3.8, 4) is 5.75 Å². The van der Waals surface area contributed by atoms with Crippen LogP contribution in [0.1, 0.15) is 18.6 Å². The Kier molecular flexibility index (Phi) is 4.25. The summed E-state index contributed by atoms with van der Waals surface area (Å²) in [7, 11) is 0. The minimum absolute atomic E-state index is 0.00231. The van der Waals surface area contributed by atoms with E-state index < -0.39 is 18.2 Å². The summed E-state index contributed by atoms with van der Waals surface area (Å²) in [5.74, 6) is -1.09. The van der Waals surface area contributed by atoms with Crippen LogP contribution in [0.25, 0.3) is 0 Å². The molecule has 0 amide bonds. The second-order valence-electron chi connectivity index (χ2n) is 3.19. The van der Waals surface area contributed by atoms with E-state index in [0.717, 1.165) is 0 Å². The Hall–Kier alpha value is -1.62. The zero-order valence-electron chi connectivity index (χ0n) is 8.76. The fourth-order valence-electron chi connectivity index (χ4n) is 1.19. The van der Waals surface area contributed by atoms with E-state index in [1.165, 1.54) is 24.3 Å². The molecule has 0 aliphatic heterocycles. The molecule has 0 aliphatic carbocycles. The molecule has 0 saturated heterocycles. The summed E-state index contributed by atoms with van der Waals surface area (Å²) < 4.78 is 17.8. The smallest absolute Gasteiger partial charge is 0.343 e. The molecule has 0 fully saturated rings. The first-order chi connectivity index (χ1) is 7.56. The Bertz CT molecular complexity index is 350. The molecule has 1 rings (SSSR count). The number of benzene rings is 1. The molecule has 1 aromatic rings. The molecule has 4 nitrogen and oxygen atoms in total. The van der Waals surface area contributed by atoms with Gasteiger partial charge in [-0.25, -0.2) is 9.18 Å². The topological polar surface area (TPSA) is 66.8 Å². The van der Waals surface area contributed by atoms with E-state index in [9.17, 15) is 14.3 Å². The standard InChI is InChI=1S/C11H13FO4/c1-2-16-11(15)9(12)10(14)7-3-5-8(13)6-4-7/h3-6,9-10,13-14H,2H2,1H3. The molecule has 0 aliphatic rings. The van der Waals surface area contributed by atoms with Gasteiger partial charge in [0.05, 0.1) is 6.61 Å². The minimum atomic E-state index is -2.12. The lowest BCUT2D eigenvalue weighted by molar-refractivity contribution is -0.153. The predicted molar refractivity (Wildman–Crippen MR) is 54.6 cm³/mol. The third-order valence-electron chi connectivity index (χ3n) is 2.02. The van der Waals surface area contributed by atoms with E-state index in [1.807, 2.05) is 0 Å². The average Bonchev–Trinajstić information content (AvgIpc) is 2.28. The number of hydrogen-bond acceptors (Lipinski definition) is 4. The predicted octanol–water partition coefficient (Wildman–Crippen LogP) is 1.33. The van der Waals surface area contributed by atoms with Crippen molar-refractivity contribution in [2.75, 3.05) is 6.61 Å². The van der Waals surface area contributed by atoms with Crippen molar-refractivity contribution in [3.63, 3.8) is 0 Å². The highest BCUT2D eigenvalue weighted by atomic mass is 19.1. The van der Waals surface area contributed by atoms with Crippen LogP contribution in [0.5, 0.6) is 5.75 Å². The highest BCUT2D eigenvalue weighted by molar-refractivity contribution is 5.75. The van der Waals surface area contributed by atoms with E-state index in [0.29, 0.717) is 0 Å². The maximum Gasteiger partial charge on any atom is 0.343 e. The lowest BCUT2D eigenvalue weighted by atomic mass is 10.1. The van der Waals surface area contributed by atoms with Gasteiger partial charge in [-0.15, -0.1) is 0 Å². The number of rotatable bonds is 4. The van der Waals surface area contributed by atoms with Gasteiger partial charge >= 0.3 is 5.97 Å². The Labute approximate surface area is 92.3 Å². The van der Waals surface area contributed by atoms with Crippen molar-refractivity contribution in [1.82, 2.24) is 0 Å². The van der Waals surface area contributed by atoms with Crippen molar-refractivity contribution >= 4 is 5.97 Å². The van der Waals surface area contributed by atoms with Gasteiger partial charge in [0.25, 0.3) is 0 Å². The molecule has 5 heteroatoms. The summed E-state index contributed by atoms with van der Waals surface area (Å²) in [5, 5.41) is 18.5. The SMILES string of the molecule is CCOC(=O)C(F)C(O)c1ccc(O)cc1. The average molecular weight is 228 g/mol. The molecule has 0 spiro atoms. The summed E-state index contributed by atoms with van der Waals surface area (Å²) in [6.07, 6.45) is -3.70. The fourth-order valence-corrected chi connectivity index (χ4v) is 1.19. The number of aliphatic hydroxyl groups is 1. The minimum Gasteiger partial charge on any atom is -0.508 e. The zero-order valence-corrected chi connectivity index (χ0v) is 8.76. The van der Waals surface area contributed by atoms with Crippen LogP contribution in [0, 0.1) is 0 Å². The molecule has 2 unspecified atom stereocenters. The number of carbonyl (C=O) groups is 1. The van der Waals surface area contributed by atoms with Gasteiger partial charge < -0.3 is 14.9 Å². The second kappa shape index (κ2) is 5.46. The lowest BCUT2D eigenvalue weighted by Crippen LogP contribution is -2.26. The van der Waals surface area contributed by atoms with Gasteiger partial charge in [0, 0.05) is 0 Å². The second-order valence-corrected chi connectivity index (χ2v) is 3.19. The van der Waals surface area contributed by atoms with Crippen LogP contribution in [0.4, 0.5) is 4.39 Å². The van der Waals surface area contributed by atoms with Gasteiger partial charge in [0.1, 0.15) is 11.9 Å². The van der Waals surface area contributed by atoms with Crippen molar-refractivity contribution in [2.45, 2.75) is 19.2 Å². The van der Waals surface area contributed by atoms with Crippen LogP contribution in [-0.2, 0) is 9.53 Å². The van der Waals surface area contributed by atoms with Gasteiger partial charge in [-0.3, -0.25) is 0 Å². The molecule has 0 radical (unpaired) electrons. The molecule has 0 bridgehead atoms. The van der Waals surface area contributed by atoms with Crippen molar-refractivity contribution in [2.24, 2.45) is 0 Å². The molecule has 88 valence electrons. The third-order valence-corrected chi connectivity index (χ3v) is 2.02.